The van der Waals surface area contributed by atoms with Gasteiger partial charge in [-0.15, -0.1) is 11.3 Å². The molecule has 2 aromatic carbocycles. The largest absolute Gasteiger partial charge is 0.508 e. The molecule has 0 aliphatic carbocycles. The van der Waals surface area contributed by atoms with Crippen molar-refractivity contribution >= 4 is 128 Å². The molecule has 1 fully saturated rings. The van der Waals surface area contributed by atoms with Crippen molar-refractivity contribution in [2.45, 2.75) is 219 Å². The number of amides is 9. The van der Waals surface area contributed by atoms with E-state index in [0.717, 1.165) is 53.0 Å². The molecule has 0 saturated carbocycles. The summed E-state index contributed by atoms with van der Waals surface area (Å²) in [6, 6.07) is 5.21. The molecule has 3 aromatic rings. The monoisotopic (exact) mass is 1700 g/mol. The van der Waals surface area contributed by atoms with Crippen LogP contribution in [0.15, 0.2) is 53.9 Å². The van der Waals surface area contributed by atoms with Crippen molar-refractivity contribution in [3.63, 3.8) is 0 Å². The molecule has 11 atom stereocenters. The number of carbonyl (C=O) groups excluding carboxylic acids is 11. The maximum atomic E-state index is 15.0. The number of likely N-dealkylation sites (tertiary alicyclic amines) is 1. The van der Waals surface area contributed by atoms with E-state index >= 15 is 0 Å². The van der Waals surface area contributed by atoms with E-state index in [9.17, 15) is 102 Å². The first-order chi connectivity index (χ1) is 55.5. The first-order valence-electron chi connectivity index (χ1n) is 39.3. The highest BCUT2D eigenvalue weighted by atomic mass is 33.1. The summed E-state index contributed by atoms with van der Waals surface area (Å²) in [6.45, 7) is 13.3. The third-order valence-corrected chi connectivity index (χ3v) is 23.2. The molecule has 38 heteroatoms. The minimum atomic E-state index is -1.74. The number of carbonyl (C=O) groups is 16. The Balaban J connectivity index is 1.26. The number of nitrogens with one attached hydrogen (secondary N) is 8. The van der Waals surface area contributed by atoms with Gasteiger partial charge in [-0.25, -0.2) is 24.2 Å². The minimum Gasteiger partial charge on any atom is -0.508 e. The van der Waals surface area contributed by atoms with Gasteiger partial charge >= 0.3 is 53.8 Å². The van der Waals surface area contributed by atoms with Crippen LogP contribution in [-0.4, -0.2) is 235 Å². The number of Topliss-reactive ketones (excluding diaryl/α,β-unsaturated/α-hetero) is 2. The number of esters is 2. The van der Waals surface area contributed by atoms with E-state index < -0.39 is 157 Å². The molecule has 4 rings (SSSR count). The molecular weight excluding hydrogens is 1580 g/mol. The zero-order valence-electron chi connectivity index (χ0n) is 67.5. The van der Waals surface area contributed by atoms with Crippen molar-refractivity contribution in [2.75, 3.05) is 58.1 Å². The normalized spacial score (nSPS) is 15.3. The molecule has 1 aromatic heterocycles. The number of piperidine rings is 1. The smallest absolute Gasteiger partial charge is 0.327 e. The highest BCUT2D eigenvalue weighted by Crippen LogP contribution is 2.33. The Morgan fingerprint density at radius 1 is 0.650 bits per heavy atom. The third kappa shape index (κ3) is 37.9. The highest BCUT2D eigenvalue weighted by molar-refractivity contribution is 8.76. The SMILES string of the molecule is CCCC(=O)OCN(C(=O)[C@@H](CC(=O)[C@H]1CCCCN1C)C(C)CC)[C@H](C[C@@H](C)c1nc(C(=O)NC(Cc2ccc(O)cc2)C[C@H](C)C(=O)NCC(=O)OCCSSC[C@H](NC(=O)[C@H](CC(=O)O)CC(=O)[C@H](CC(=O)O)NC(=O)Cc2ccc(CNC(=O)NCCCC[C@H](NC(=O)NCCCC(=O)O)C(=O)O)cc2)C(=O)O)cs1)C(C)C. The number of hydrogen-bond donors (Lipinski definition) is 14. The van der Waals surface area contributed by atoms with Crippen LogP contribution in [0.1, 0.15) is 196 Å². The number of rotatable bonds is 56. The van der Waals surface area contributed by atoms with Crippen LogP contribution in [0.5, 0.6) is 5.75 Å². The number of aromatic nitrogens is 1. The second-order valence-electron chi connectivity index (χ2n) is 29.6. The maximum absolute atomic E-state index is 15.0. The summed E-state index contributed by atoms with van der Waals surface area (Å²) in [4.78, 5) is 214. The Labute approximate surface area is 692 Å². The summed E-state index contributed by atoms with van der Waals surface area (Å²) in [5, 5.41) is 79.9. The number of carboxylic acid groups (broad SMARTS) is 5. The molecule has 9 amide bonds. The molecule has 648 valence electrons. The van der Waals surface area contributed by atoms with Crippen molar-refractivity contribution in [2.24, 2.45) is 29.6 Å². The highest BCUT2D eigenvalue weighted by Gasteiger charge is 2.40. The fraction of sp³-hybridized carbons (Fsp3) is 0.608. The van der Waals surface area contributed by atoms with Gasteiger partial charge in [0, 0.05) is 92.0 Å². The van der Waals surface area contributed by atoms with E-state index in [1.165, 1.54) is 35.6 Å². The number of urea groups is 2. The predicted molar refractivity (Wildman–Crippen MR) is 433 cm³/mol. The van der Waals surface area contributed by atoms with Gasteiger partial charge in [-0.05, 0) is 118 Å². The van der Waals surface area contributed by atoms with Gasteiger partial charge in [-0.2, -0.15) is 0 Å². The van der Waals surface area contributed by atoms with Gasteiger partial charge in [0.1, 0.15) is 36.7 Å². The lowest BCUT2D eigenvalue weighted by Crippen LogP contribution is -2.50. The second-order valence-corrected chi connectivity index (χ2v) is 33.1. The second kappa shape index (κ2) is 52.7. The van der Waals surface area contributed by atoms with Gasteiger partial charge < -0.3 is 87.5 Å². The average Bonchev–Trinajstić information content (AvgIpc) is 1.77. The van der Waals surface area contributed by atoms with Crippen LogP contribution in [-0.2, 0) is 91.2 Å². The van der Waals surface area contributed by atoms with Gasteiger partial charge in [0.15, 0.2) is 18.3 Å². The molecule has 0 spiro atoms. The van der Waals surface area contributed by atoms with Gasteiger partial charge in [0.05, 0.1) is 42.3 Å². The van der Waals surface area contributed by atoms with Crippen molar-refractivity contribution in [3.05, 3.63) is 81.3 Å². The topological polar surface area (TPSA) is 529 Å². The van der Waals surface area contributed by atoms with Gasteiger partial charge in [0.25, 0.3) is 5.91 Å². The predicted octanol–water partition coefficient (Wildman–Crippen LogP) is 6.42. The van der Waals surface area contributed by atoms with E-state index in [1.54, 1.807) is 41.5 Å². The summed E-state index contributed by atoms with van der Waals surface area (Å²) < 4.78 is 11.0. The number of aliphatic carboxylic acids is 5. The molecule has 1 aliphatic rings. The minimum absolute atomic E-state index is 0.0158. The van der Waals surface area contributed by atoms with Crippen molar-refractivity contribution < 1.29 is 117 Å². The molecule has 0 radical (unpaired) electrons. The standard InChI is InChI=1S/C79H115N11O24S3/c1-9-16-69(101)114-45-90(75(106)56(47(5)10-2)39-64(93)61-18-12-14-30-89(61)8)62(46(3)4)34-49(7)74-87-59(43-115-74)73(105)84-54(35-50-24-26-55(91)27-25-50)33-48(6)71(103)82-42-70(102)113-31-32-116-117-44-60(77(109)110)86-72(104)53(38-67(97)98)37-63(92)58(40-68(99)100)85-65(94)36-51-20-22-52(23-21-51)41-83-78(111)80-28-13-11-17-57(76(107)108)88-79(112)81-29-15-19-66(95)96/h20-27,43,46-49,53-54,56-58,60-62,91H,9-19,28-42,44-45H2,1-8H3,(H,82,103)(H,84,105)(H,85,94)(H,86,104)(H,95,96)(H,97,98)(H,99,100)(H,107,108)(H,109,110)(H2,80,83,111)(H2,81,88,112)/t47?,48-,49+,53-,54?,56-,57-,58-,60-,61+,62+/m0/s1. The summed E-state index contributed by atoms with van der Waals surface area (Å²) in [6.07, 6.45) is 2.25. The number of phenolic OH excluding ortho intramolecular Hbond substituents is 1. The third-order valence-electron chi connectivity index (χ3n) is 19.7. The van der Waals surface area contributed by atoms with Gasteiger partial charge in [-0.3, -0.25) is 62.4 Å². The number of nitrogens with zero attached hydrogens (tertiary/aromatic N) is 3. The number of unbranched alkanes of at least 4 members (excludes halogenated alkanes) is 1. The summed E-state index contributed by atoms with van der Waals surface area (Å²) >= 11 is 1.26. The Hall–Kier alpha value is -9.95. The molecule has 117 heavy (non-hydrogen) atoms. The number of aromatic hydroxyl groups is 1. The number of hydrogen-bond acceptors (Lipinski definition) is 24. The quantitative estimate of drug-likeness (QED) is 0.0125. The Kier molecular flexibility index (Phi) is 44.8. The summed E-state index contributed by atoms with van der Waals surface area (Å²) in [7, 11) is 3.92. The van der Waals surface area contributed by atoms with E-state index in [4.69, 9.17) is 19.6 Å². The molecule has 1 aliphatic heterocycles. The number of carboxylic acids is 5. The Morgan fingerprint density at radius 2 is 1.31 bits per heavy atom. The number of thiazole rings is 1. The molecule has 2 unspecified atom stereocenters. The van der Waals surface area contributed by atoms with Crippen LogP contribution in [0.3, 0.4) is 0 Å². The van der Waals surface area contributed by atoms with Crippen molar-refractivity contribution in [1.82, 2.24) is 57.3 Å². The van der Waals surface area contributed by atoms with Gasteiger partial charge in [0.2, 0.25) is 23.6 Å². The Morgan fingerprint density at radius 3 is 1.94 bits per heavy atom. The zero-order chi connectivity index (χ0) is 86.8. The molecular formula is C79H115N11O24S3. The lowest BCUT2D eigenvalue weighted by Gasteiger charge is -2.39. The van der Waals surface area contributed by atoms with Crippen molar-refractivity contribution in [3.8, 4) is 5.75 Å². The van der Waals surface area contributed by atoms with Gasteiger partial charge in [-0.1, -0.05) is 119 Å². The number of ether oxygens (including phenoxy) is 2. The van der Waals surface area contributed by atoms with E-state index in [0.29, 0.717) is 48.2 Å². The molecule has 0 bridgehead atoms. The number of phenols is 1. The molecule has 1 saturated heterocycles. The lowest BCUT2D eigenvalue weighted by atomic mass is 9.82. The summed E-state index contributed by atoms with van der Waals surface area (Å²) in [5.41, 5.74) is 1.82. The Bertz CT molecular complexity index is 3810. The fourth-order valence-corrected chi connectivity index (χ4v) is 15.7. The van der Waals surface area contributed by atoms with E-state index in [2.05, 4.69) is 47.4 Å². The number of benzene rings is 2. The summed E-state index contributed by atoms with van der Waals surface area (Å²) in [5.74, 6) is -16.5. The first kappa shape index (κ1) is 99.4. The van der Waals surface area contributed by atoms with Crippen LogP contribution in [0.4, 0.5) is 9.59 Å². The zero-order valence-corrected chi connectivity index (χ0v) is 70.0. The maximum Gasteiger partial charge on any atom is 0.327 e. The van der Waals surface area contributed by atoms with E-state index in [1.807, 2.05) is 48.6 Å². The van der Waals surface area contributed by atoms with Crippen molar-refractivity contribution in [1.29, 1.82) is 0 Å². The van der Waals surface area contributed by atoms with Crippen LogP contribution < -0.4 is 42.5 Å². The lowest BCUT2D eigenvalue weighted by molar-refractivity contribution is -0.160. The van der Waals surface area contributed by atoms with Crippen LogP contribution >= 0.6 is 32.9 Å². The molecule has 14 N–H and O–H groups in total. The molecule has 35 nitrogen and oxygen atoms in total. The van der Waals surface area contributed by atoms with Crippen LogP contribution in [0, 0.1) is 29.6 Å². The molecule has 2 heterocycles. The van der Waals surface area contributed by atoms with Crippen LogP contribution in [0.25, 0.3) is 0 Å². The first-order valence-corrected chi connectivity index (χ1v) is 42.6. The number of ketones is 2. The van der Waals surface area contributed by atoms with E-state index in [-0.39, 0.29) is 143 Å². The van der Waals surface area contributed by atoms with Crippen LogP contribution in [0.2, 0.25) is 0 Å². The number of likely N-dealkylation sites (N-methyl/N-ethyl adjacent to an activating group) is 1. The fourth-order valence-electron chi connectivity index (χ4n) is 12.9. The average molecular weight is 1700 g/mol.